The van der Waals surface area contributed by atoms with E-state index in [1.54, 1.807) is 18.2 Å². The van der Waals surface area contributed by atoms with Gasteiger partial charge in [-0.2, -0.15) is 0 Å². The maximum Gasteiger partial charge on any atom is 0.363 e. The fraction of sp³-hybridized carbons (Fsp3) is 0. The number of aliphatic imine (C=N–C) groups is 1. The number of esters is 1. The molecular formula is C14H8BrNO3. The number of carbonyl (C=O) groups is 1. The number of halogens is 1. The van der Waals surface area contributed by atoms with Crippen molar-refractivity contribution in [1.82, 2.24) is 0 Å². The lowest BCUT2D eigenvalue weighted by atomic mass is 10.2. The van der Waals surface area contributed by atoms with E-state index in [9.17, 15) is 4.79 Å². The predicted molar refractivity (Wildman–Crippen MR) is 73.5 cm³/mol. The Labute approximate surface area is 117 Å². The van der Waals surface area contributed by atoms with Crippen molar-refractivity contribution in [3.63, 3.8) is 0 Å². The molecule has 0 unspecified atom stereocenters. The lowest BCUT2D eigenvalue weighted by Crippen LogP contribution is -2.04. The van der Waals surface area contributed by atoms with Crippen LogP contribution in [0.5, 0.6) is 0 Å². The van der Waals surface area contributed by atoms with Gasteiger partial charge in [0.05, 0.1) is 0 Å². The summed E-state index contributed by atoms with van der Waals surface area (Å²) in [7, 11) is 0. The molecule has 19 heavy (non-hydrogen) atoms. The molecule has 0 fully saturated rings. The molecule has 1 aliphatic rings. The van der Waals surface area contributed by atoms with Gasteiger partial charge in [0.15, 0.2) is 10.4 Å². The van der Waals surface area contributed by atoms with Crippen molar-refractivity contribution >= 4 is 33.9 Å². The summed E-state index contributed by atoms with van der Waals surface area (Å²) in [6.45, 7) is 0. The van der Waals surface area contributed by atoms with E-state index in [1.165, 1.54) is 0 Å². The molecule has 0 bridgehead atoms. The number of rotatable bonds is 2. The summed E-state index contributed by atoms with van der Waals surface area (Å²) in [5.74, 6) is 0.366. The molecule has 0 spiro atoms. The Morgan fingerprint density at radius 3 is 2.58 bits per heavy atom. The monoisotopic (exact) mass is 317 g/mol. The van der Waals surface area contributed by atoms with E-state index in [0.29, 0.717) is 16.3 Å². The quantitative estimate of drug-likeness (QED) is 0.630. The second-order valence-electron chi connectivity index (χ2n) is 3.84. The standard InChI is InChI=1S/C14H8BrNO3/c15-12-7-6-10(18-12)8-11-14(17)19-13(16-11)9-4-2-1-3-5-9/h1-8H. The molecule has 0 saturated heterocycles. The largest absolute Gasteiger partial charge is 0.450 e. The van der Waals surface area contributed by atoms with Gasteiger partial charge < -0.3 is 9.15 Å². The number of benzene rings is 1. The number of hydrogen-bond donors (Lipinski definition) is 0. The summed E-state index contributed by atoms with van der Waals surface area (Å²) < 4.78 is 11.0. The molecule has 2 heterocycles. The first-order valence-corrected chi connectivity index (χ1v) is 6.35. The van der Waals surface area contributed by atoms with E-state index in [-0.39, 0.29) is 5.70 Å². The Kier molecular flexibility index (Phi) is 3.05. The minimum Gasteiger partial charge on any atom is -0.450 e. The van der Waals surface area contributed by atoms with Gasteiger partial charge in [0, 0.05) is 11.6 Å². The normalized spacial score (nSPS) is 16.6. The van der Waals surface area contributed by atoms with E-state index < -0.39 is 5.97 Å². The van der Waals surface area contributed by atoms with Crippen LogP contribution in [0.3, 0.4) is 0 Å². The third-order valence-corrected chi connectivity index (χ3v) is 2.94. The van der Waals surface area contributed by atoms with Gasteiger partial charge in [0.1, 0.15) is 5.76 Å². The Balaban J connectivity index is 1.94. The van der Waals surface area contributed by atoms with Crippen LogP contribution in [0.1, 0.15) is 11.3 Å². The van der Waals surface area contributed by atoms with E-state index in [0.717, 1.165) is 5.56 Å². The lowest BCUT2D eigenvalue weighted by Gasteiger charge is -1.97. The van der Waals surface area contributed by atoms with Crippen molar-refractivity contribution in [2.75, 3.05) is 0 Å². The molecule has 0 amide bonds. The van der Waals surface area contributed by atoms with Crippen molar-refractivity contribution < 1.29 is 13.9 Å². The van der Waals surface area contributed by atoms with Crippen molar-refractivity contribution in [3.8, 4) is 0 Å². The van der Waals surface area contributed by atoms with Crippen molar-refractivity contribution in [2.24, 2.45) is 4.99 Å². The molecule has 0 saturated carbocycles. The van der Waals surface area contributed by atoms with E-state index in [1.807, 2.05) is 30.3 Å². The average molecular weight is 318 g/mol. The number of cyclic esters (lactones) is 1. The van der Waals surface area contributed by atoms with Gasteiger partial charge in [-0.1, -0.05) is 18.2 Å². The zero-order valence-corrected chi connectivity index (χ0v) is 11.3. The maximum atomic E-state index is 11.7. The van der Waals surface area contributed by atoms with E-state index in [2.05, 4.69) is 20.9 Å². The highest BCUT2D eigenvalue weighted by atomic mass is 79.9. The summed E-state index contributed by atoms with van der Waals surface area (Å²) >= 11 is 3.20. The van der Waals surface area contributed by atoms with Crippen molar-refractivity contribution in [2.45, 2.75) is 0 Å². The summed E-state index contributed by atoms with van der Waals surface area (Å²) in [6.07, 6.45) is 1.54. The summed E-state index contributed by atoms with van der Waals surface area (Å²) in [4.78, 5) is 15.9. The first-order chi connectivity index (χ1) is 9.22. The fourth-order valence-electron chi connectivity index (χ4n) is 1.65. The zero-order valence-electron chi connectivity index (χ0n) is 9.67. The third kappa shape index (κ3) is 2.51. The van der Waals surface area contributed by atoms with Crippen LogP contribution in [-0.2, 0) is 9.53 Å². The molecule has 5 heteroatoms. The number of carbonyl (C=O) groups excluding carboxylic acids is 1. The summed E-state index contributed by atoms with van der Waals surface area (Å²) in [6, 6.07) is 12.7. The van der Waals surface area contributed by atoms with Crippen molar-refractivity contribution in [3.05, 3.63) is 64.2 Å². The second kappa shape index (κ2) is 4.85. The number of furan rings is 1. The van der Waals surface area contributed by atoms with Crippen LogP contribution < -0.4 is 0 Å². The first kappa shape index (κ1) is 11.9. The summed E-state index contributed by atoms with van der Waals surface area (Å²) in [5, 5.41) is 0. The van der Waals surface area contributed by atoms with Gasteiger partial charge in [0.2, 0.25) is 5.90 Å². The molecule has 1 aromatic heterocycles. The average Bonchev–Trinajstić information content (AvgIpc) is 2.98. The number of ether oxygens (including phenoxy) is 1. The molecule has 2 aromatic rings. The molecule has 4 nitrogen and oxygen atoms in total. The Hall–Kier alpha value is -2.14. The van der Waals surface area contributed by atoms with Crippen molar-refractivity contribution in [1.29, 1.82) is 0 Å². The van der Waals surface area contributed by atoms with E-state index in [4.69, 9.17) is 9.15 Å². The zero-order chi connectivity index (χ0) is 13.2. The SMILES string of the molecule is O=C1OC(c2ccccc2)=NC1=Cc1ccc(Br)o1. The smallest absolute Gasteiger partial charge is 0.363 e. The van der Waals surface area contributed by atoms with Gasteiger partial charge in [-0.15, -0.1) is 0 Å². The Bertz CT molecular complexity index is 686. The van der Waals surface area contributed by atoms with Gasteiger partial charge in [0.25, 0.3) is 0 Å². The van der Waals surface area contributed by atoms with Crippen LogP contribution in [0, 0.1) is 0 Å². The number of nitrogens with zero attached hydrogens (tertiary/aromatic N) is 1. The lowest BCUT2D eigenvalue weighted by molar-refractivity contribution is -0.129. The van der Waals surface area contributed by atoms with Crippen LogP contribution in [0.4, 0.5) is 0 Å². The van der Waals surface area contributed by atoms with Crippen LogP contribution in [0.2, 0.25) is 0 Å². The van der Waals surface area contributed by atoms with Crippen LogP contribution in [0.15, 0.2) is 62.2 Å². The topological polar surface area (TPSA) is 51.8 Å². The van der Waals surface area contributed by atoms with Gasteiger partial charge in [-0.3, -0.25) is 0 Å². The van der Waals surface area contributed by atoms with E-state index >= 15 is 0 Å². The predicted octanol–water partition coefficient (Wildman–Crippen LogP) is 3.39. The molecule has 0 aliphatic carbocycles. The maximum absolute atomic E-state index is 11.7. The highest BCUT2D eigenvalue weighted by Gasteiger charge is 2.24. The fourth-order valence-corrected chi connectivity index (χ4v) is 1.97. The molecule has 0 N–H and O–H groups in total. The molecular weight excluding hydrogens is 310 g/mol. The van der Waals surface area contributed by atoms with Crippen LogP contribution >= 0.6 is 15.9 Å². The highest BCUT2D eigenvalue weighted by Crippen LogP contribution is 2.21. The molecule has 0 radical (unpaired) electrons. The van der Waals surface area contributed by atoms with Gasteiger partial charge in [-0.25, -0.2) is 9.79 Å². The molecule has 1 aromatic carbocycles. The van der Waals surface area contributed by atoms with Gasteiger partial charge >= 0.3 is 5.97 Å². The van der Waals surface area contributed by atoms with Gasteiger partial charge in [-0.05, 0) is 40.2 Å². The Morgan fingerprint density at radius 1 is 1.11 bits per heavy atom. The second-order valence-corrected chi connectivity index (χ2v) is 4.63. The molecule has 1 aliphatic heterocycles. The third-order valence-electron chi connectivity index (χ3n) is 2.51. The minimum atomic E-state index is -0.480. The van der Waals surface area contributed by atoms with Crippen LogP contribution in [0.25, 0.3) is 6.08 Å². The molecule has 94 valence electrons. The minimum absolute atomic E-state index is 0.223. The van der Waals surface area contributed by atoms with Crippen LogP contribution in [-0.4, -0.2) is 11.9 Å². The molecule has 3 rings (SSSR count). The summed E-state index contributed by atoms with van der Waals surface area (Å²) in [5.41, 5.74) is 0.987. The Morgan fingerprint density at radius 2 is 1.89 bits per heavy atom. The number of hydrogen-bond acceptors (Lipinski definition) is 4. The molecule has 0 atom stereocenters. The first-order valence-electron chi connectivity index (χ1n) is 5.56. The highest BCUT2D eigenvalue weighted by molar-refractivity contribution is 9.10.